The molecule has 3 heteroatoms. The zero-order chi connectivity index (χ0) is 9.07. The summed E-state index contributed by atoms with van der Waals surface area (Å²) in [6.45, 7) is 7.23. The molecule has 0 saturated heterocycles. The molecule has 1 atom stereocenters. The van der Waals surface area contributed by atoms with E-state index in [9.17, 15) is 0 Å². The van der Waals surface area contributed by atoms with Gasteiger partial charge in [0.15, 0.2) is 0 Å². The van der Waals surface area contributed by atoms with Gasteiger partial charge in [-0.25, -0.2) is 0 Å². The van der Waals surface area contributed by atoms with Gasteiger partial charge in [0, 0.05) is 12.1 Å². The molecule has 1 unspecified atom stereocenters. The Bertz CT molecular complexity index is 104. The van der Waals surface area contributed by atoms with E-state index < -0.39 is 0 Å². The lowest BCUT2D eigenvalue weighted by atomic mass is 10.1. The first-order valence-corrected chi connectivity index (χ1v) is 4.00. The van der Waals surface area contributed by atoms with Gasteiger partial charge in [0.1, 0.15) is 0 Å². The van der Waals surface area contributed by atoms with Crippen molar-refractivity contribution in [3.05, 3.63) is 0 Å². The van der Waals surface area contributed by atoms with Crippen LogP contribution in [0.4, 0.5) is 0 Å². The number of likely N-dealkylation sites (N-methyl/N-ethyl adjacent to an activating group) is 1. The van der Waals surface area contributed by atoms with Gasteiger partial charge in [0.25, 0.3) is 0 Å². The first kappa shape index (κ1) is 10.9. The van der Waals surface area contributed by atoms with Crippen LogP contribution in [-0.4, -0.2) is 37.2 Å². The third-order valence-electron chi connectivity index (χ3n) is 1.50. The summed E-state index contributed by atoms with van der Waals surface area (Å²) in [7, 11) is 3.96. The fourth-order valence-corrected chi connectivity index (χ4v) is 0.593. The number of rotatable bonds is 3. The Kier molecular flexibility index (Phi) is 4.00. The molecule has 0 heterocycles. The van der Waals surface area contributed by atoms with Crippen LogP contribution in [0.3, 0.4) is 0 Å². The Morgan fingerprint density at radius 2 is 1.82 bits per heavy atom. The van der Waals surface area contributed by atoms with Crippen molar-refractivity contribution in [2.75, 3.05) is 20.6 Å². The predicted molar refractivity (Wildman–Crippen MR) is 49.4 cm³/mol. The molecular formula is C8H21N3. The minimum atomic E-state index is 0.106. The highest BCUT2D eigenvalue weighted by atomic mass is 15.2. The topological polar surface area (TPSA) is 41.3 Å². The number of nitrogens with one attached hydrogen (secondary N) is 1. The zero-order valence-electron chi connectivity index (χ0n) is 8.31. The first-order chi connectivity index (χ1) is 4.83. The van der Waals surface area contributed by atoms with E-state index in [4.69, 9.17) is 5.73 Å². The Balaban J connectivity index is 3.54. The lowest BCUT2D eigenvalue weighted by Gasteiger charge is -2.26. The van der Waals surface area contributed by atoms with E-state index >= 15 is 0 Å². The van der Waals surface area contributed by atoms with Gasteiger partial charge >= 0.3 is 0 Å². The van der Waals surface area contributed by atoms with Crippen molar-refractivity contribution in [2.45, 2.75) is 32.5 Å². The molecule has 0 saturated carbocycles. The van der Waals surface area contributed by atoms with Gasteiger partial charge in [-0.1, -0.05) is 0 Å². The Morgan fingerprint density at radius 3 is 2.09 bits per heavy atom. The van der Waals surface area contributed by atoms with Gasteiger partial charge in [0.2, 0.25) is 0 Å². The van der Waals surface area contributed by atoms with E-state index in [1.54, 1.807) is 0 Å². The minimum Gasteiger partial charge on any atom is -0.315 e. The number of nitrogens with zero attached hydrogens (tertiary/aromatic N) is 1. The normalized spacial score (nSPS) is 15.5. The highest BCUT2D eigenvalue weighted by Gasteiger charge is 2.11. The third-order valence-corrected chi connectivity index (χ3v) is 1.50. The van der Waals surface area contributed by atoms with E-state index in [-0.39, 0.29) is 11.7 Å². The third kappa shape index (κ3) is 6.28. The summed E-state index contributed by atoms with van der Waals surface area (Å²) in [5.41, 5.74) is 5.95. The molecule has 0 aromatic rings. The van der Waals surface area contributed by atoms with Crippen LogP contribution in [0.5, 0.6) is 0 Å². The lowest BCUT2D eigenvalue weighted by Crippen LogP contribution is -2.49. The molecule has 0 aliphatic heterocycles. The van der Waals surface area contributed by atoms with E-state index in [2.05, 4.69) is 26.1 Å². The van der Waals surface area contributed by atoms with Crippen LogP contribution in [0.1, 0.15) is 20.8 Å². The minimum absolute atomic E-state index is 0.106. The zero-order valence-corrected chi connectivity index (χ0v) is 8.31. The molecule has 0 bridgehead atoms. The smallest absolute Gasteiger partial charge is 0.0695 e. The van der Waals surface area contributed by atoms with Gasteiger partial charge in [-0.2, -0.15) is 0 Å². The molecule has 0 aliphatic carbocycles. The van der Waals surface area contributed by atoms with Crippen LogP contribution in [-0.2, 0) is 0 Å². The quantitative estimate of drug-likeness (QED) is 0.579. The fourth-order valence-electron chi connectivity index (χ4n) is 0.593. The molecule has 0 aromatic heterocycles. The summed E-state index contributed by atoms with van der Waals surface area (Å²) in [4.78, 5) is 2.00. The summed E-state index contributed by atoms with van der Waals surface area (Å²) in [5, 5.41) is 3.34. The van der Waals surface area contributed by atoms with E-state index in [0.29, 0.717) is 0 Å². The maximum atomic E-state index is 5.79. The number of hydrogen-bond donors (Lipinski definition) is 2. The molecule has 0 radical (unpaired) electrons. The van der Waals surface area contributed by atoms with Gasteiger partial charge in [-0.3, -0.25) is 4.90 Å². The van der Waals surface area contributed by atoms with Crippen LogP contribution in [0.15, 0.2) is 0 Å². The summed E-state index contributed by atoms with van der Waals surface area (Å²) >= 11 is 0. The number of nitrogens with two attached hydrogens (primary N) is 1. The van der Waals surface area contributed by atoms with E-state index in [1.165, 1.54) is 0 Å². The van der Waals surface area contributed by atoms with Crippen molar-refractivity contribution in [2.24, 2.45) is 5.73 Å². The van der Waals surface area contributed by atoms with Gasteiger partial charge in [-0.05, 0) is 34.9 Å². The second-order valence-corrected chi connectivity index (χ2v) is 4.16. The second-order valence-electron chi connectivity index (χ2n) is 4.16. The van der Waals surface area contributed by atoms with Crippen LogP contribution in [0, 0.1) is 0 Å². The predicted octanol–water partition coefficient (Wildman–Crippen LogP) is 0.221. The summed E-state index contributed by atoms with van der Waals surface area (Å²) in [6.07, 6.45) is 0.106. The molecule has 3 nitrogen and oxygen atoms in total. The Labute approximate surface area is 69.9 Å². The average Bonchev–Trinajstić information content (AvgIpc) is 1.80. The molecular weight excluding hydrogens is 138 g/mol. The maximum Gasteiger partial charge on any atom is 0.0695 e. The van der Waals surface area contributed by atoms with Crippen molar-refractivity contribution in [1.82, 2.24) is 10.2 Å². The molecule has 11 heavy (non-hydrogen) atoms. The molecule has 0 aliphatic rings. The molecule has 0 spiro atoms. The molecule has 68 valence electrons. The largest absolute Gasteiger partial charge is 0.315 e. The van der Waals surface area contributed by atoms with Crippen LogP contribution < -0.4 is 11.1 Å². The molecule has 0 rings (SSSR count). The molecule has 0 aromatic carbocycles. The maximum absolute atomic E-state index is 5.79. The molecule has 0 amide bonds. The summed E-state index contributed by atoms with van der Waals surface area (Å²) in [6, 6.07) is 0. The fraction of sp³-hybridized carbons (Fsp3) is 1.00. The van der Waals surface area contributed by atoms with Crippen LogP contribution in [0.2, 0.25) is 0 Å². The molecule has 0 fully saturated rings. The van der Waals surface area contributed by atoms with Crippen molar-refractivity contribution in [3.63, 3.8) is 0 Å². The second kappa shape index (κ2) is 4.04. The van der Waals surface area contributed by atoms with Crippen molar-refractivity contribution < 1.29 is 0 Å². The lowest BCUT2D eigenvalue weighted by molar-refractivity contribution is 0.267. The first-order valence-electron chi connectivity index (χ1n) is 4.00. The SMILES string of the molecule is CN(C)C(N)CNC(C)(C)C. The van der Waals surface area contributed by atoms with Crippen LogP contribution >= 0.6 is 0 Å². The molecule has 3 N–H and O–H groups in total. The van der Waals surface area contributed by atoms with E-state index in [0.717, 1.165) is 6.54 Å². The van der Waals surface area contributed by atoms with Crippen molar-refractivity contribution in [1.29, 1.82) is 0 Å². The van der Waals surface area contributed by atoms with E-state index in [1.807, 2.05) is 19.0 Å². The number of hydrogen-bond acceptors (Lipinski definition) is 3. The van der Waals surface area contributed by atoms with Crippen molar-refractivity contribution in [3.8, 4) is 0 Å². The summed E-state index contributed by atoms with van der Waals surface area (Å²) in [5.74, 6) is 0. The Morgan fingerprint density at radius 1 is 1.36 bits per heavy atom. The van der Waals surface area contributed by atoms with Gasteiger partial charge in [0.05, 0.1) is 6.17 Å². The van der Waals surface area contributed by atoms with Crippen molar-refractivity contribution >= 4 is 0 Å². The summed E-state index contributed by atoms with van der Waals surface area (Å²) < 4.78 is 0. The standard InChI is InChI=1S/C8H21N3/c1-8(2,3)10-6-7(9)11(4)5/h7,10H,6,9H2,1-5H3. The highest BCUT2D eigenvalue weighted by molar-refractivity contribution is 4.73. The highest BCUT2D eigenvalue weighted by Crippen LogP contribution is 1.97. The average molecular weight is 159 g/mol. The van der Waals surface area contributed by atoms with Gasteiger partial charge in [-0.15, -0.1) is 0 Å². The van der Waals surface area contributed by atoms with Gasteiger partial charge < -0.3 is 11.1 Å². The van der Waals surface area contributed by atoms with Crippen LogP contribution in [0.25, 0.3) is 0 Å². The monoisotopic (exact) mass is 159 g/mol. The Hall–Kier alpha value is -0.120.